The average Bonchev–Trinajstić information content (AvgIpc) is 2.60. The lowest BCUT2D eigenvalue weighted by atomic mass is 10.1. The van der Waals surface area contributed by atoms with Crippen molar-refractivity contribution in [2.45, 2.75) is 30.5 Å². The molecule has 2 rings (SSSR count). The van der Waals surface area contributed by atoms with E-state index in [1.807, 2.05) is 5.32 Å². The van der Waals surface area contributed by atoms with Crippen molar-refractivity contribution in [1.29, 1.82) is 5.26 Å². The van der Waals surface area contributed by atoms with Crippen LogP contribution in [0.1, 0.15) is 23.7 Å². The van der Waals surface area contributed by atoms with Gasteiger partial charge in [-0.05, 0) is 32.0 Å². The molecule has 1 atom stereocenters. The number of rotatable bonds is 5. The molecule has 1 aromatic carbocycles. The Bertz CT molecular complexity index is 1070. The van der Waals surface area contributed by atoms with Gasteiger partial charge in [-0.15, -0.1) is 0 Å². The van der Waals surface area contributed by atoms with Crippen LogP contribution in [-0.4, -0.2) is 35.8 Å². The zero-order valence-corrected chi connectivity index (χ0v) is 16.1. The molecule has 1 aromatic heterocycles. The van der Waals surface area contributed by atoms with Crippen molar-refractivity contribution in [2.24, 2.45) is 0 Å². The summed E-state index contributed by atoms with van der Waals surface area (Å²) in [6.07, 6.45) is -4.09. The number of pyridine rings is 1. The Labute approximate surface area is 164 Å². The zero-order valence-electron chi connectivity index (χ0n) is 15.3. The normalized spacial score (nSPS) is 14.0. The van der Waals surface area contributed by atoms with Gasteiger partial charge in [-0.1, -0.05) is 17.7 Å². The Hall–Kier alpha value is -2.97. The van der Waals surface area contributed by atoms with E-state index in [4.69, 9.17) is 5.26 Å². The zero-order chi connectivity index (χ0) is 22.0. The molecule has 2 N–H and O–H groups in total. The highest BCUT2D eigenvalue weighted by Gasteiger charge is 2.38. The second-order valence-electron chi connectivity index (χ2n) is 6.53. The molecule has 0 fully saturated rings. The van der Waals surface area contributed by atoms with Gasteiger partial charge < -0.3 is 10.4 Å². The van der Waals surface area contributed by atoms with Crippen LogP contribution < -0.4 is 5.32 Å². The lowest BCUT2D eigenvalue weighted by Crippen LogP contribution is -2.45. The SMILES string of the molecule is Cc1ccc(S(=O)(=O)CC(C)(O)C(=O)Nc2cnc(C#N)c(C(F)(F)F)c2)cc1. The topological polar surface area (TPSA) is 120 Å². The molecule has 1 heterocycles. The van der Waals surface area contributed by atoms with E-state index >= 15 is 0 Å². The number of halogens is 3. The quantitative estimate of drug-likeness (QED) is 0.756. The van der Waals surface area contributed by atoms with E-state index in [1.54, 1.807) is 19.1 Å². The van der Waals surface area contributed by atoms with E-state index in [0.29, 0.717) is 6.07 Å². The number of carbonyl (C=O) groups excluding carboxylic acids is 1. The summed E-state index contributed by atoms with van der Waals surface area (Å²) >= 11 is 0. The third-order valence-electron chi connectivity index (χ3n) is 3.90. The summed E-state index contributed by atoms with van der Waals surface area (Å²) in [5.41, 5.74) is -4.35. The van der Waals surface area contributed by atoms with E-state index < -0.39 is 50.2 Å². The Morgan fingerprint density at radius 3 is 2.38 bits per heavy atom. The third-order valence-corrected chi connectivity index (χ3v) is 5.83. The van der Waals surface area contributed by atoms with Crippen molar-refractivity contribution >= 4 is 21.4 Å². The number of hydrogen-bond donors (Lipinski definition) is 2. The van der Waals surface area contributed by atoms with Gasteiger partial charge in [0.1, 0.15) is 6.07 Å². The first kappa shape index (κ1) is 22.3. The molecule has 1 amide bonds. The van der Waals surface area contributed by atoms with Crippen LogP contribution in [0.5, 0.6) is 0 Å². The lowest BCUT2D eigenvalue weighted by Gasteiger charge is -2.22. The second kappa shape index (κ2) is 7.81. The number of aliphatic hydroxyl groups is 1. The highest BCUT2D eigenvalue weighted by atomic mass is 32.2. The first-order chi connectivity index (χ1) is 13.3. The van der Waals surface area contributed by atoms with Crippen molar-refractivity contribution in [2.75, 3.05) is 11.1 Å². The van der Waals surface area contributed by atoms with Gasteiger partial charge in [0.15, 0.2) is 21.1 Å². The van der Waals surface area contributed by atoms with Crippen molar-refractivity contribution < 1.29 is 31.5 Å². The molecule has 1 unspecified atom stereocenters. The van der Waals surface area contributed by atoms with E-state index in [0.717, 1.165) is 18.7 Å². The number of benzene rings is 1. The molecule has 0 aliphatic rings. The highest BCUT2D eigenvalue weighted by Crippen LogP contribution is 2.32. The van der Waals surface area contributed by atoms with E-state index in [1.165, 1.54) is 18.2 Å². The molecule has 29 heavy (non-hydrogen) atoms. The van der Waals surface area contributed by atoms with E-state index in [9.17, 15) is 31.5 Å². The second-order valence-corrected chi connectivity index (χ2v) is 8.52. The molecule has 0 saturated heterocycles. The van der Waals surface area contributed by atoms with E-state index in [2.05, 4.69) is 4.98 Å². The molecule has 0 saturated carbocycles. The third kappa shape index (κ3) is 5.30. The fourth-order valence-corrected chi connectivity index (χ4v) is 3.96. The first-order valence-corrected chi connectivity index (χ1v) is 9.72. The molecule has 0 spiro atoms. The van der Waals surface area contributed by atoms with Gasteiger partial charge in [0.25, 0.3) is 5.91 Å². The number of aromatic nitrogens is 1. The number of amides is 1. The summed E-state index contributed by atoms with van der Waals surface area (Å²) in [5, 5.41) is 21.1. The number of aryl methyl sites for hydroxylation is 1. The predicted octanol–water partition coefficient (Wildman–Crippen LogP) is 2.44. The predicted molar refractivity (Wildman–Crippen MR) is 96.4 cm³/mol. The fourth-order valence-electron chi connectivity index (χ4n) is 2.37. The molecule has 0 bridgehead atoms. The molecule has 0 aliphatic heterocycles. The number of nitrogens with one attached hydrogen (secondary N) is 1. The summed E-state index contributed by atoms with van der Waals surface area (Å²) in [4.78, 5) is 15.5. The molecular formula is C18H16F3N3O4S. The number of anilines is 1. The number of carbonyl (C=O) groups is 1. The maximum absolute atomic E-state index is 13.0. The van der Waals surface area contributed by atoms with Crippen LogP contribution in [0.3, 0.4) is 0 Å². The fraction of sp³-hybridized carbons (Fsp3) is 0.278. The maximum atomic E-state index is 13.0. The Morgan fingerprint density at radius 1 is 1.28 bits per heavy atom. The van der Waals surface area contributed by atoms with Crippen LogP contribution in [0.4, 0.5) is 18.9 Å². The summed E-state index contributed by atoms with van der Waals surface area (Å²) in [5.74, 6) is -2.24. The summed E-state index contributed by atoms with van der Waals surface area (Å²) < 4.78 is 63.9. The maximum Gasteiger partial charge on any atom is 0.419 e. The minimum absolute atomic E-state index is 0.115. The van der Waals surface area contributed by atoms with E-state index in [-0.39, 0.29) is 4.90 Å². The number of alkyl halides is 3. The molecule has 154 valence electrons. The summed E-state index contributed by atoms with van der Waals surface area (Å²) in [7, 11) is -4.06. The number of hydrogen-bond acceptors (Lipinski definition) is 6. The molecule has 11 heteroatoms. The van der Waals surface area contributed by atoms with Crippen LogP contribution in [-0.2, 0) is 20.8 Å². The van der Waals surface area contributed by atoms with Crippen LogP contribution in [0, 0.1) is 18.3 Å². The average molecular weight is 427 g/mol. The highest BCUT2D eigenvalue weighted by molar-refractivity contribution is 7.91. The molecule has 2 aromatic rings. The monoisotopic (exact) mass is 427 g/mol. The van der Waals surface area contributed by atoms with Gasteiger partial charge in [0.2, 0.25) is 0 Å². The van der Waals surface area contributed by atoms with Gasteiger partial charge in [0, 0.05) is 0 Å². The van der Waals surface area contributed by atoms with Crippen LogP contribution in [0.25, 0.3) is 0 Å². The van der Waals surface area contributed by atoms with Crippen molar-refractivity contribution in [1.82, 2.24) is 4.98 Å². The number of nitriles is 1. The van der Waals surface area contributed by atoms with Gasteiger partial charge >= 0.3 is 6.18 Å². The Morgan fingerprint density at radius 2 is 1.86 bits per heavy atom. The first-order valence-electron chi connectivity index (χ1n) is 8.07. The Kier molecular flexibility index (Phi) is 6.01. The van der Waals surface area contributed by atoms with Crippen molar-refractivity contribution in [3.05, 3.63) is 53.3 Å². The molecule has 0 aliphatic carbocycles. The van der Waals surface area contributed by atoms with Gasteiger partial charge in [-0.3, -0.25) is 4.79 Å². The lowest BCUT2D eigenvalue weighted by molar-refractivity contribution is -0.138. The van der Waals surface area contributed by atoms with Crippen molar-refractivity contribution in [3.63, 3.8) is 0 Å². The Balaban J connectivity index is 2.25. The van der Waals surface area contributed by atoms with Crippen LogP contribution in [0.15, 0.2) is 41.4 Å². The summed E-state index contributed by atoms with van der Waals surface area (Å²) in [6.45, 7) is 2.68. The number of nitrogens with zero attached hydrogens (tertiary/aromatic N) is 2. The summed E-state index contributed by atoms with van der Waals surface area (Å²) in [6, 6.07) is 7.50. The van der Waals surface area contributed by atoms with Crippen LogP contribution in [0.2, 0.25) is 0 Å². The number of sulfone groups is 1. The van der Waals surface area contributed by atoms with Gasteiger partial charge in [-0.2, -0.15) is 18.4 Å². The molecule has 0 radical (unpaired) electrons. The van der Waals surface area contributed by atoms with Gasteiger partial charge in [-0.25, -0.2) is 13.4 Å². The van der Waals surface area contributed by atoms with Gasteiger partial charge in [0.05, 0.1) is 28.1 Å². The van der Waals surface area contributed by atoms with Crippen LogP contribution >= 0.6 is 0 Å². The standard InChI is InChI=1S/C18H16F3N3O4S/c1-11-3-5-13(6-4-11)29(27,28)10-17(2,26)16(25)24-12-7-14(18(19,20)21)15(8-22)23-9-12/h3-7,9,26H,10H2,1-2H3,(H,24,25). The molecular weight excluding hydrogens is 411 g/mol. The minimum Gasteiger partial charge on any atom is -0.379 e. The molecule has 7 nitrogen and oxygen atoms in total. The minimum atomic E-state index is -4.89. The van der Waals surface area contributed by atoms with Crippen molar-refractivity contribution in [3.8, 4) is 6.07 Å². The largest absolute Gasteiger partial charge is 0.419 e. The smallest absolute Gasteiger partial charge is 0.379 e.